The molecular formula is C26H40O4. The molecule has 4 aliphatic rings. The van der Waals surface area contributed by atoms with Crippen molar-refractivity contribution >= 4 is 0 Å². The Morgan fingerprint density at radius 2 is 1.93 bits per heavy atom. The summed E-state index contributed by atoms with van der Waals surface area (Å²) in [5.74, 6) is 0.131. The van der Waals surface area contributed by atoms with E-state index in [1.165, 1.54) is 42.4 Å². The van der Waals surface area contributed by atoms with E-state index in [9.17, 15) is 5.11 Å². The number of rotatable bonds is 4. The van der Waals surface area contributed by atoms with Gasteiger partial charge >= 0.3 is 0 Å². The first-order valence-electron chi connectivity index (χ1n) is 11.9. The molecule has 1 saturated heterocycles. The fourth-order valence-electron chi connectivity index (χ4n) is 6.07. The normalized spacial score (nSPS) is 34.5. The summed E-state index contributed by atoms with van der Waals surface area (Å²) in [5, 5.41) is 9.36. The number of aliphatic hydroxyl groups is 1. The standard InChI is InChI=1S/C26H40O4/c1-24(2,3)30-23-9-5-8-21-17-19(10-12-25(21,23)4)22-11-13-26(28-15-16-29-26)18-20(22)7-6-14-27/h6-7,17,21,23,27H,5,8-16,18H2,1-4H3/b7-6+/t21-,23-,25-/m0/s1. The second-order valence-electron chi connectivity index (χ2n) is 10.8. The van der Waals surface area contributed by atoms with Gasteiger partial charge in [-0.15, -0.1) is 0 Å². The molecule has 0 unspecified atom stereocenters. The minimum absolute atomic E-state index is 0.0665. The van der Waals surface area contributed by atoms with Gasteiger partial charge in [-0.3, -0.25) is 0 Å². The molecule has 2 fully saturated rings. The zero-order valence-corrected chi connectivity index (χ0v) is 19.3. The third-order valence-corrected chi connectivity index (χ3v) is 7.62. The fourth-order valence-corrected chi connectivity index (χ4v) is 6.07. The molecule has 3 atom stereocenters. The molecule has 30 heavy (non-hydrogen) atoms. The molecule has 1 aliphatic heterocycles. The highest BCUT2D eigenvalue weighted by Crippen LogP contribution is 2.53. The maximum Gasteiger partial charge on any atom is 0.172 e. The number of fused-ring (bicyclic) bond motifs is 1. The zero-order chi connectivity index (χ0) is 21.4. The van der Waals surface area contributed by atoms with Gasteiger partial charge in [0, 0.05) is 18.3 Å². The third kappa shape index (κ3) is 4.48. The summed E-state index contributed by atoms with van der Waals surface area (Å²) >= 11 is 0. The first kappa shape index (κ1) is 22.3. The lowest BCUT2D eigenvalue weighted by Gasteiger charge is -2.51. The van der Waals surface area contributed by atoms with Gasteiger partial charge in [0.25, 0.3) is 0 Å². The van der Waals surface area contributed by atoms with Gasteiger partial charge in [-0.2, -0.15) is 0 Å². The lowest BCUT2D eigenvalue weighted by Crippen LogP contribution is -2.48. The molecule has 4 rings (SSSR count). The van der Waals surface area contributed by atoms with Crippen LogP contribution in [-0.4, -0.2) is 42.4 Å². The van der Waals surface area contributed by atoms with Crippen molar-refractivity contribution < 1.29 is 19.3 Å². The summed E-state index contributed by atoms with van der Waals surface area (Å²) in [7, 11) is 0. The maximum absolute atomic E-state index is 9.36. The average molecular weight is 417 g/mol. The van der Waals surface area contributed by atoms with Crippen LogP contribution in [0.15, 0.2) is 34.9 Å². The Balaban J connectivity index is 1.61. The highest BCUT2D eigenvalue weighted by Gasteiger charge is 2.47. The van der Waals surface area contributed by atoms with E-state index in [2.05, 4.69) is 39.8 Å². The van der Waals surface area contributed by atoms with Crippen molar-refractivity contribution in [1.29, 1.82) is 0 Å². The number of ether oxygens (including phenoxy) is 3. The predicted molar refractivity (Wildman–Crippen MR) is 119 cm³/mol. The van der Waals surface area contributed by atoms with Crippen LogP contribution in [0, 0.1) is 11.3 Å². The molecule has 1 spiro atoms. The van der Waals surface area contributed by atoms with Gasteiger partial charge < -0.3 is 19.3 Å². The highest BCUT2D eigenvalue weighted by molar-refractivity contribution is 5.44. The average Bonchev–Trinajstić information content (AvgIpc) is 3.14. The maximum atomic E-state index is 9.36. The molecule has 1 N–H and O–H groups in total. The van der Waals surface area contributed by atoms with Crippen LogP contribution in [0.4, 0.5) is 0 Å². The van der Waals surface area contributed by atoms with Gasteiger partial charge in [-0.1, -0.05) is 31.6 Å². The monoisotopic (exact) mass is 416 g/mol. The van der Waals surface area contributed by atoms with Crippen LogP contribution in [0.25, 0.3) is 0 Å². The lowest BCUT2D eigenvalue weighted by molar-refractivity contribution is -0.162. The molecule has 0 bridgehead atoms. The van der Waals surface area contributed by atoms with Crippen molar-refractivity contribution in [3.63, 3.8) is 0 Å². The Morgan fingerprint density at radius 1 is 1.17 bits per heavy atom. The van der Waals surface area contributed by atoms with Crippen molar-refractivity contribution in [1.82, 2.24) is 0 Å². The van der Waals surface area contributed by atoms with E-state index in [-0.39, 0.29) is 17.6 Å². The first-order chi connectivity index (χ1) is 14.2. The number of hydrogen-bond donors (Lipinski definition) is 1. The quantitative estimate of drug-likeness (QED) is 0.660. The molecule has 1 saturated carbocycles. The molecule has 0 radical (unpaired) electrons. The largest absolute Gasteiger partial charge is 0.392 e. The highest BCUT2D eigenvalue weighted by atomic mass is 16.7. The van der Waals surface area contributed by atoms with Crippen molar-refractivity contribution in [2.45, 2.75) is 96.6 Å². The van der Waals surface area contributed by atoms with Gasteiger partial charge in [0.1, 0.15) is 0 Å². The second kappa shape index (κ2) is 8.54. The number of allylic oxidation sites excluding steroid dienone is 4. The Labute approximate surface area is 182 Å². The zero-order valence-electron chi connectivity index (χ0n) is 19.3. The van der Waals surface area contributed by atoms with E-state index in [1.807, 2.05) is 6.08 Å². The number of hydrogen-bond acceptors (Lipinski definition) is 4. The van der Waals surface area contributed by atoms with E-state index >= 15 is 0 Å². The molecular weight excluding hydrogens is 376 g/mol. The fraction of sp³-hybridized carbons (Fsp3) is 0.769. The summed E-state index contributed by atoms with van der Waals surface area (Å²) in [6, 6.07) is 0. The van der Waals surface area contributed by atoms with Crippen LogP contribution in [0.2, 0.25) is 0 Å². The third-order valence-electron chi connectivity index (χ3n) is 7.62. The molecule has 0 aromatic rings. The molecule has 0 amide bonds. The van der Waals surface area contributed by atoms with E-state index < -0.39 is 5.79 Å². The summed E-state index contributed by atoms with van der Waals surface area (Å²) < 4.78 is 18.6. The molecule has 0 aromatic heterocycles. The summed E-state index contributed by atoms with van der Waals surface area (Å²) in [6.45, 7) is 10.4. The van der Waals surface area contributed by atoms with Crippen molar-refractivity contribution in [2.24, 2.45) is 11.3 Å². The van der Waals surface area contributed by atoms with Crippen LogP contribution in [-0.2, 0) is 14.2 Å². The van der Waals surface area contributed by atoms with Crippen LogP contribution >= 0.6 is 0 Å². The SMILES string of the molecule is CC(C)(C)O[C@H]1CCC[C@H]2C=C(C3=C(/C=C/CO)CC4(CC3)OCCO4)CC[C@@]21C. The van der Waals surface area contributed by atoms with E-state index in [0.29, 0.717) is 25.2 Å². The summed E-state index contributed by atoms with van der Waals surface area (Å²) in [5.41, 5.74) is 4.39. The van der Waals surface area contributed by atoms with Gasteiger partial charge in [0.2, 0.25) is 0 Å². The Hall–Kier alpha value is -0.940. The molecule has 4 nitrogen and oxygen atoms in total. The van der Waals surface area contributed by atoms with Gasteiger partial charge in [-0.25, -0.2) is 0 Å². The minimum Gasteiger partial charge on any atom is -0.392 e. The Kier molecular flexibility index (Phi) is 6.33. The topological polar surface area (TPSA) is 47.9 Å². The van der Waals surface area contributed by atoms with Crippen LogP contribution in [0.3, 0.4) is 0 Å². The van der Waals surface area contributed by atoms with E-state index in [1.54, 1.807) is 0 Å². The molecule has 168 valence electrons. The Bertz CT molecular complexity index is 720. The smallest absolute Gasteiger partial charge is 0.172 e. The van der Waals surface area contributed by atoms with Gasteiger partial charge in [0.15, 0.2) is 5.79 Å². The summed E-state index contributed by atoms with van der Waals surface area (Å²) in [6.07, 6.45) is 15.5. The molecule has 1 heterocycles. The molecule has 0 aromatic carbocycles. The van der Waals surface area contributed by atoms with Crippen molar-refractivity contribution in [2.75, 3.05) is 19.8 Å². The van der Waals surface area contributed by atoms with Crippen LogP contribution in [0.1, 0.15) is 79.1 Å². The lowest BCUT2D eigenvalue weighted by atomic mass is 9.59. The van der Waals surface area contributed by atoms with Crippen molar-refractivity contribution in [3.8, 4) is 0 Å². The van der Waals surface area contributed by atoms with Gasteiger partial charge in [-0.05, 0) is 75.5 Å². The van der Waals surface area contributed by atoms with Crippen LogP contribution in [0.5, 0.6) is 0 Å². The van der Waals surface area contributed by atoms with Gasteiger partial charge in [0.05, 0.1) is 31.5 Å². The minimum atomic E-state index is -0.446. The van der Waals surface area contributed by atoms with Crippen molar-refractivity contribution in [3.05, 3.63) is 34.9 Å². The first-order valence-corrected chi connectivity index (χ1v) is 11.9. The predicted octanol–water partition coefficient (Wildman–Crippen LogP) is 5.47. The molecule has 4 heteroatoms. The van der Waals surface area contributed by atoms with E-state index in [0.717, 1.165) is 25.7 Å². The summed E-state index contributed by atoms with van der Waals surface area (Å²) in [4.78, 5) is 0. The van der Waals surface area contributed by atoms with E-state index in [4.69, 9.17) is 14.2 Å². The molecule has 3 aliphatic carbocycles. The number of aliphatic hydroxyl groups excluding tert-OH is 1. The Morgan fingerprint density at radius 3 is 2.63 bits per heavy atom. The second-order valence-corrected chi connectivity index (χ2v) is 10.8. The van der Waals surface area contributed by atoms with Crippen LogP contribution < -0.4 is 0 Å².